The minimum absolute atomic E-state index is 0.769. The van der Waals surface area contributed by atoms with Gasteiger partial charge in [0, 0.05) is 28.9 Å². The van der Waals surface area contributed by atoms with Gasteiger partial charge in [-0.25, -0.2) is 4.98 Å². The predicted molar refractivity (Wildman–Crippen MR) is 90.3 cm³/mol. The molecule has 0 fully saturated rings. The fourth-order valence-corrected chi connectivity index (χ4v) is 3.83. The minimum Gasteiger partial charge on any atom is -0.365 e. The van der Waals surface area contributed by atoms with Gasteiger partial charge in [-0.05, 0) is 28.8 Å². The fraction of sp³-hybridized carbons (Fsp3) is 0.118. The lowest BCUT2D eigenvalue weighted by Crippen LogP contribution is -1.88. The van der Waals surface area contributed by atoms with Crippen LogP contribution in [0.2, 0.25) is 5.02 Å². The van der Waals surface area contributed by atoms with Crippen LogP contribution in [0.5, 0.6) is 0 Å². The second kappa shape index (κ2) is 4.86. The predicted octanol–water partition coefficient (Wildman–Crippen LogP) is 5.08. The first-order valence-corrected chi connectivity index (χ1v) is 8.01. The molecule has 0 bridgehead atoms. The van der Waals surface area contributed by atoms with Crippen LogP contribution in [0.1, 0.15) is 10.4 Å². The molecule has 3 aromatic rings. The number of benzene rings is 2. The van der Waals surface area contributed by atoms with Crippen LogP contribution < -0.4 is 5.32 Å². The van der Waals surface area contributed by atoms with E-state index in [0.29, 0.717) is 0 Å². The Kier molecular flexibility index (Phi) is 2.98. The van der Waals surface area contributed by atoms with E-state index in [4.69, 9.17) is 11.6 Å². The van der Waals surface area contributed by atoms with E-state index >= 15 is 0 Å². The third-order valence-corrected chi connectivity index (χ3v) is 5.12. The number of fused-ring (bicyclic) bond motifs is 3. The Balaban J connectivity index is 1.76. The molecule has 1 aliphatic rings. The van der Waals surface area contributed by atoms with E-state index in [1.807, 2.05) is 19.2 Å². The van der Waals surface area contributed by atoms with E-state index in [-0.39, 0.29) is 0 Å². The maximum atomic E-state index is 5.95. The lowest BCUT2D eigenvalue weighted by molar-refractivity contribution is 1.31. The van der Waals surface area contributed by atoms with Gasteiger partial charge in [-0.2, -0.15) is 0 Å². The van der Waals surface area contributed by atoms with Crippen LogP contribution in [0.25, 0.3) is 22.4 Å². The summed E-state index contributed by atoms with van der Waals surface area (Å²) in [4.78, 5) is 6.00. The Hall–Kier alpha value is -1.84. The molecule has 1 aromatic heterocycles. The lowest BCUT2D eigenvalue weighted by Gasteiger charge is -2.06. The Morgan fingerprint density at radius 3 is 2.62 bits per heavy atom. The number of rotatable bonds is 2. The minimum atomic E-state index is 0.769. The maximum Gasteiger partial charge on any atom is 0.183 e. The third-order valence-electron chi connectivity index (χ3n) is 3.80. The number of thiazole rings is 1. The summed E-state index contributed by atoms with van der Waals surface area (Å²) >= 11 is 7.70. The smallest absolute Gasteiger partial charge is 0.183 e. The van der Waals surface area contributed by atoms with E-state index in [0.717, 1.165) is 22.3 Å². The molecule has 104 valence electrons. The molecule has 0 aliphatic heterocycles. The van der Waals surface area contributed by atoms with Crippen LogP contribution in [0.3, 0.4) is 0 Å². The largest absolute Gasteiger partial charge is 0.365 e. The van der Waals surface area contributed by atoms with Crippen molar-refractivity contribution in [3.63, 3.8) is 0 Å². The van der Waals surface area contributed by atoms with Crippen LogP contribution >= 0.6 is 22.9 Å². The monoisotopic (exact) mass is 312 g/mol. The summed E-state index contributed by atoms with van der Waals surface area (Å²) in [6, 6.07) is 14.6. The molecule has 1 aliphatic carbocycles. The highest BCUT2D eigenvalue weighted by molar-refractivity contribution is 7.16. The molecule has 0 saturated carbocycles. The molecule has 1 heterocycles. The molecule has 4 rings (SSSR count). The van der Waals surface area contributed by atoms with E-state index in [9.17, 15) is 0 Å². The van der Waals surface area contributed by atoms with Crippen molar-refractivity contribution >= 4 is 28.1 Å². The van der Waals surface area contributed by atoms with Crippen molar-refractivity contribution in [3.05, 3.63) is 57.9 Å². The zero-order chi connectivity index (χ0) is 14.4. The van der Waals surface area contributed by atoms with Crippen LogP contribution in [0.15, 0.2) is 42.5 Å². The van der Waals surface area contributed by atoms with E-state index < -0.39 is 0 Å². The summed E-state index contributed by atoms with van der Waals surface area (Å²) in [5, 5.41) is 4.89. The van der Waals surface area contributed by atoms with Crippen molar-refractivity contribution < 1.29 is 0 Å². The Labute approximate surface area is 132 Å². The highest BCUT2D eigenvalue weighted by Crippen LogP contribution is 2.42. The fourth-order valence-electron chi connectivity index (χ4n) is 2.75. The Bertz CT molecular complexity index is 821. The van der Waals surface area contributed by atoms with Gasteiger partial charge in [0.25, 0.3) is 0 Å². The molecule has 0 unspecified atom stereocenters. The van der Waals surface area contributed by atoms with Crippen LogP contribution in [-0.4, -0.2) is 12.0 Å². The second-order valence-electron chi connectivity index (χ2n) is 5.10. The Morgan fingerprint density at radius 2 is 1.86 bits per heavy atom. The number of halogens is 1. The molecule has 4 heteroatoms. The number of hydrogen-bond donors (Lipinski definition) is 1. The van der Waals surface area contributed by atoms with Gasteiger partial charge in [0.1, 0.15) is 0 Å². The van der Waals surface area contributed by atoms with Gasteiger partial charge in [-0.3, -0.25) is 0 Å². The van der Waals surface area contributed by atoms with Gasteiger partial charge < -0.3 is 5.32 Å². The van der Waals surface area contributed by atoms with E-state index in [2.05, 4.69) is 40.6 Å². The molecule has 0 amide bonds. The number of nitrogens with zero attached hydrogens (tertiary/aromatic N) is 1. The first kappa shape index (κ1) is 12.9. The van der Waals surface area contributed by atoms with E-state index in [1.54, 1.807) is 11.3 Å². The lowest BCUT2D eigenvalue weighted by atomic mass is 10.0. The zero-order valence-electron chi connectivity index (χ0n) is 11.5. The van der Waals surface area contributed by atoms with Crippen molar-refractivity contribution in [2.75, 3.05) is 12.4 Å². The molecule has 2 aromatic carbocycles. The highest BCUT2D eigenvalue weighted by Gasteiger charge is 2.23. The van der Waals surface area contributed by atoms with Crippen LogP contribution in [0, 0.1) is 0 Å². The van der Waals surface area contributed by atoms with Crippen molar-refractivity contribution in [2.45, 2.75) is 6.42 Å². The molecule has 0 spiro atoms. The summed E-state index contributed by atoms with van der Waals surface area (Å²) in [6.45, 7) is 0. The van der Waals surface area contributed by atoms with Crippen molar-refractivity contribution in [1.29, 1.82) is 0 Å². The molecule has 21 heavy (non-hydrogen) atoms. The summed E-state index contributed by atoms with van der Waals surface area (Å²) < 4.78 is 0. The molecule has 0 atom stereocenters. The molecule has 0 radical (unpaired) electrons. The van der Waals surface area contributed by atoms with Crippen molar-refractivity contribution in [3.8, 4) is 22.4 Å². The average molecular weight is 313 g/mol. The second-order valence-corrected chi connectivity index (χ2v) is 6.62. The summed E-state index contributed by atoms with van der Waals surface area (Å²) in [5.41, 5.74) is 6.19. The summed E-state index contributed by atoms with van der Waals surface area (Å²) in [5.74, 6) is 0. The molecular formula is C17H13ClN2S. The van der Waals surface area contributed by atoms with E-state index in [1.165, 1.54) is 27.1 Å². The van der Waals surface area contributed by atoms with Gasteiger partial charge >= 0.3 is 0 Å². The normalized spacial score (nSPS) is 12.1. The van der Waals surface area contributed by atoms with Gasteiger partial charge in [0.05, 0.1) is 5.69 Å². The zero-order valence-corrected chi connectivity index (χ0v) is 13.1. The number of hydrogen-bond acceptors (Lipinski definition) is 3. The Morgan fingerprint density at radius 1 is 1.10 bits per heavy atom. The molecule has 2 nitrogen and oxygen atoms in total. The molecule has 1 N–H and O–H groups in total. The summed E-state index contributed by atoms with van der Waals surface area (Å²) in [7, 11) is 1.92. The highest BCUT2D eigenvalue weighted by atomic mass is 35.5. The molecular weight excluding hydrogens is 300 g/mol. The van der Waals surface area contributed by atoms with Gasteiger partial charge in [-0.1, -0.05) is 41.9 Å². The standard InChI is InChI=1S/C17H13ClN2S/c1-19-17-20-16-14-7-4-11(8-12(14)9-15(16)21-17)10-2-5-13(18)6-3-10/h2-8H,9H2,1H3,(H,19,20). The summed E-state index contributed by atoms with van der Waals surface area (Å²) in [6.07, 6.45) is 0.978. The quantitative estimate of drug-likeness (QED) is 0.558. The van der Waals surface area contributed by atoms with Gasteiger partial charge in [-0.15, -0.1) is 11.3 Å². The first-order valence-electron chi connectivity index (χ1n) is 6.81. The number of nitrogens with one attached hydrogen (secondary N) is 1. The first-order chi connectivity index (χ1) is 10.2. The SMILES string of the molecule is CNc1nc2c(s1)Cc1cc(-c3ccc(Cl)cc3)ccc1-2. The molecule has 0 saturated heterocycles. The van der Waals surface area contributed by atoms with Crippen LogP contribution in [-0.2, 0) is 6.42 Å². The number of aromatic nitrogens is 1. The van der Waals surface area contributed by atoms with Crippen LogP contribution in [0.4, 0.5) is 5.13 Å². The van der Waals surface area contributed by atoms with Gasteiger partial charge in [0.2, 0.25) is 0 Å². The average Bonchev–Trinajstić information content (AvgIpc) is 3.04. The van der Waals surface area contributed by atoms with Crippen molar-refractivity contribution in [1.82, 2.24) is 4.98 Å². The van der Waals surface area contributed by atoms with Crippen molar-refractivity contribution in [2.24, 2.45) is 0 Å². The van der Waals surface area contributed by atoms with Gasteiger partial charge in [0.15, 0.2) is 5.13 Å². The third kappa shape index (κ3) is 2.13. The maximum absolute atomic E-state index is 5.95. The number of anilines is 1. The topological polar surface area (TPSA) is 24.9 Å².